The Kier molecular flexibility index (Phi) is 3.77. The van der Waals surface area contributed by atoms with Crippen molar-refractivity contribution in [2.24, 2.45) is 0 Å². The summed E-state index contributed by atoms with van der Waals surface area (Å²) in [6, 6.07) is 1.70. The van der Waals surface area contributed by atoms with E-state index in [0.29, 0.717) is 31.4 Å². The van der Waals surface area contributed by atoms with Crippen molar-refractivity contribution in [2.75, 3.05) is 36.5 Å². The quantitative estimate of drug-likeness (QED) is 0.901. The summed E-state index contributed by atoms with van der Waals surface area (Å²) in [5, 5.41) is 3.19. The summed E-state index contributed by atoms with van der Waals surface area (Å²) in [5.41, 5.74) is 0. The van der Waals surface area contributed by atoms with Crippen LogP contribution in [-0.4, -0.2) is 48.5 Å². The van der Waals surface area contributed by atoms with Gasteiger partial charge in [-0.15, -0.1) is 0 Å². The molecule has 5 nitrogen and oxygen atoms in total. The zero-order valence-corrected chi connectivity index (χ0v) is 10.9. The van der Waals surface area contributed by atoms with Crippen molar-refractivity contribution in [3.8, 4) is 0 Å². The normalized spacial score (nSPS) is 27.5. The molecule has 1 N–H and O–H groups in total. The molecule has 1 aliphatic carbocycles. The summed E-state index contributed by atoms with van der Waals surface area (Å²) in [5.74, 6) is 1.41. The highest BCUT2D eigenvalue weighted by Gasteiger charge is 2.27. The Morgan fingerprint density at radius 2 is 2.16 bits per heavy atom. The number of alkyl halides is 1. The number of halogens is 1. The molecule has 0 spiro atoms. The molecule has 2 heterocycles. The van der Waals surface area contributed by atoms with Crippen molar-refractivity contribution >= 4 is 11.8 Å². The van der Waals surface area contributed by atoms with Crippen LogP contribution in [0.2, 0.25) is 0 Å². The Morgan fingerprint density at radius 1 is 1.32 bits per heavy atom. The van der Waals surface area contributed by atoms with Crippen molar-refractivity contribution in [3.05, 3.63) is 12.3 Å². The van der Waals surface area contributed by atoms with Crippen molar-refractivity contribution in [1.29, 1.82) is 0 Å². The fourth-order valence-electron chi connectivity index (χ4n) is 2.61. The molecule has 0 bridgehead atoms. The molecule has 2 unspecified atom stereocenters. The lowest BCUT2D eigenvalue weighted by molar-refractivity contribution is 0.122. The van der Waals surface area contributed by atoms with Crippen molar-refractivity contribution in [2.45, 2.75) is 31.5 Å². The first-order valence-corrected chi connectivity index (χ1v) is 6.89. The van der Waals surface area contributed by atoms with Crippen molar-refractivity contribution in [1.82, 2.24) is 9.97 Å². The first-order chi connectivity index (χ1) is 9.33. The van der Waals surface area contributed by atoms with Gasteiger partial charge in [0.15, 0.2) is 0 Å². The summed E-state index contributed by atoms with van der Waals surface area (Å²) in [4.78, 5) is 10.9. The smallest absolute Gasteiger partial charge is 0.227 e. The summed E-state index contributed by atoms with van der Waals surface area (Å²) >= 11 is 0. The third-order valence-electron chi connectivity index (χ3n) is 3.70. The minimum absolute atomic E-state index is 0.104. The maximum Gasteiger partial charge on any atom is 0.227 e. The van der Waals surface area contributed by atoms with Gasteiger partial charge in [-0.2, -0.15) is 4.98 Å². The number of morpholine rings is 1. The van der Waals surface area contributed by atoms with Crippen molar-refractivity contribution < 1.29 is 9.13 Å². The fraction of sp³-hybridized carbons (Fsp3) is 0.692. The first kappa shape index (κ1) is 12.6. The third kappa shape index (κ3) is 2.94. The third-order valence-corrected chi connectivity index (χ3v) is 3.70. The summed E-state index contributed by atoms with van der Waals surface area (Å²) in [6.07, 6.45) is 3.43. The molecule has 1 aromatic heterocycles. The highest BCUT2D eigenvalue weighted by Crippen LogP contribution is 2.25. The Labute approximate surface area is 112 Å². The van der Waals surface area contributed by atoms with E-state index in [1.807, 2.05) is 0 Å². The molecule has 1 saturated carbocycles. The summed E-state index contributed by atoms with van der Waals surface area (Å²) in [7, 11) is 0. The molecule has 1 saturated heterocycles. The average Bonchev–Trinajstić information content (AvgIpc) is 2.86. The molecule has 0 radical (unpaired) electrons. The number of nitrogens with zero attached hydrogens (tertiary/aromatic N) is 3. The molecule has 2 aliphatic rings. The number of hydrogen-bond donors (Lipinski definition) is 1. The predicted molar refractivity (Wildman–Crippen MR) is 71.2 cm³/mol. The molecular weight excluding hydrogens is 247 g/mol. The molecule has 0 aromatic carbocycles. The van der Waals surface area contributed by atoms with Crippen LogP contribution in [0.25, 0.3) is 0 Å². The van der Waals surface area contributed by atoms with Gasteiger partial charge in [0.25, 0.3) is 0 Å². The first-order valence-electron chi connectivity index (χ1n) is 6.89. The Hall–Kier alpha value is -1.43. The summed E-state index contributed by atoms with van der Waals surface area (Å²) < 4.78 is 18.9. The van der Waals surface area contributed by atoms with Gasteiger partial charge in [-0.3, -0.25) is 0 Å². The van der Waals surface area contributed by atoms with Crippen LogP contribution in [0.1, 0.15) is 19.3 Å². The topological polar surface area (TPSA) is 50.3 Å². The van der Waals surface area contributed by atoms with Gasteiger partial charge in [-0.25, -0.2) is 9.37 Å². The molecule has 2 atom stereocenters. The van der Waals surface area contributed by atoms with Gasteiger partial charge in [-0.1, -0.05) is 0 Å². The number of aromatic nitrogens is 2. The SMILES string of the molecule is FC1CCCC1Nc1ccnc(N2CCOCC2)n1. The standard InChI is InChI=1S/C13H19FN4O/c14-10-2-1-3-11(10)16-12-4-5-15-13(17-12)18-6-8-19-9-7-18/h4-5,10-11H,1-3,6-9H2,(H,15,16,17). The van der Waals surface area contributed by atoms with E-state index in [-0.39, 0.29) is 6.04 Å². The van der Waals surface area contributed by atoms with Gasteiger partial charge in [0.1, 0.15) is 12.0 Å². The fourth-order valence-corrected chi connectivity index (χ4v) is 2.61. The van der Waals surface area contributed by atoms with Crippen LogP contribution in [0.3, 0.4) is 0 Å². The van der Waals surface area contributed by atoms with E-state index in [9.17, 15) is 4.39 Å². The number of rotatable bonds is 3. The number of ether oxygens (including phenoxy) is 1. The maximum absolute atomic E-state index is 13.6. The van der Waals surface area contributed by atoms with Gasteiger partial charge < -0.3 is 15.0 Å². The van der Waals surface area contributed by atoms with E-state index in [1.54, 1.807) is 12.3 Å². The van der Waals surface area contributed by atoms with E-state index >= 15 is 0 Å². The van der Waals surface area contributed by atoms with E-state index in [4.69, 9.17) is 4.74 Å². The van der Waals surface area contributed by atoms with E-state index in [2.05, 4.69) is 20.2 Å². The highest BCUT2D eigenvalue weighted by molar-refractivity contribution is 5.42. The number of nitrogens with one attached hydrogen (secondary N) is 1. The van der Waals surface area contributed by atoms with Gasteiger partial charge in [0, 0.05) is 19.3 Å². The second kappa shape index (κ2) is 5.69. The van der Waals surface area contributed by atoms with Crippen LogP contribution < -0.4 is 10.2 Å². The molecule has 2 fully saturated rings. The minimum atomic E-state index is -0.762. The van der Waals surface area contributed by atoms with Crippen LogP contribution >= 0.6 is 0 Å². The van der Waals surface area contributed by atoms with E-state index in [1.165, 1.54) is 0 Å². The number of anilines is 2. The second-order valence-electron chi connectivity index (χ2n) is 5.04. The van der Waals surface area contributed by atoms with Crippen LogP contribution in [0, 0.1) is 0 Å². The lowest BCUT2D eigenvalue weighted by atomic mass is 10.2. The van der Waals surface area contributed by atoms with Gasteiger partial charge in [-0.05, 0) is 25.3 Å². The highest BCUT2D eigenvalue weighted by atomic mass is 19.1. The van der Waals surface area contributed by atoms with Gasteiger partial charge in [0.2, 0.25) is 5.95 Å². The molecule has 19 heavy (non-hydrogen) atoms. The molecule has 1 aliphatic heterocycles. The predicted octanol–water partition coefficient (Wildman–Crippen LogP) is 1.62. The van der Waals surface area contributed by atoms with Crippen LogP contribution in [0.15, 0.2) is 12.3 Å². The monoisotopic (exact) mass is 266 g/mol. The molecule has 3 rings (SSSR count). The lowest BCUT2D eigenvalue weighted by Gasteiger charge is -2.27. The Morgan fingerprint density at radius 3 is 2.89 bits per heavy atom. The molecule has 0 amide bonds. The van der Waals surface area contributed by atoms with Gasteiger partial charge in [0.05, 0.1) is 19.3 Å². The number of hydrogen-bond acceptors (Lipinski definition) is 5. The Bertz CT molecular complexity index is 425. The van der Waals surface area contributed by atoms with Gasteiger partial charge >= 0.3 is 0 Å². The minimum Gasteiger partial charge on any atom is -0.378 e. The van der Waals surface area contributed by atoms with E-state index < -0.39 is 6.17 Å². The molecule has 1 aromatic rings. The second-order valence-corrected chi connectivity index (χ2v) is 5.04. The van der Waals surface area contributed by atoms with Crippen LogP contribution in [0.4, 0.5) is 16.2 Å². The van der Waals surface area contributed by atoms with Crippen molar-refractivity contribution in [3.63, 3.8) is 0 Å². The molecular formula is C13H19FN4O. The summed E-state index contributed by atoms with van der Waals surface area (Å²) in [6.45, 7) is 3.02. The maximum atomic E-state index is 13.6. The van der Waals surface area contributed by atoms with Crippen LogP contribution in [0.5, 0.6) is 0 Å². The molecule has 104 valence electrons. The average molecular weight is 266 g/mol. The van der Waals surface area contributed by atoms with E-state index in [0.717, 1.165) is 25.9 Å². The zero-order valence-electron chi connectivity index (χ0n) is 10.9. The lowest BCUT2D eigenvalue weighted by Crippen LogP contribution is -2.37. The largest absolute Gasteiger partial charge is 0.378 e. The zero-order chi connectivity index (χ0) is 13.1. The van der Waals surface area contributed by atoms with Crippen LogP contribution in [-0.2, 0) is 4.74 Å². The molecule has 6 heteroatoms. The Balaban J connectivity index is 1.68.